The van der Waals surface area contributed by atoms with Gasteiger partial charge in [-0.05, 0) is 19.1 Å². The molecule has 0 aromatic heterocycles. The number of hydrogen-bond acceptors (Lipinski definition) is 4. The third kappa shape index (κ3) is 3.46. The second kappa shape index (κ2) is 6.20. The number of hydrogen-bond donors (Lipinski definition) is 0. The molecular formula is C12H16Cl2O4S. The van der Waals surface area contributed by atoms with Crippen LogP contribution >= 0.6 is 23.2 Å². The van der Waals surface area contributed by atoms with Crippen molar-refractivity contribution in [1.82, 2.24) is 0 Å². The lowest BCUT2D eigenvalue weighted by atomic mass is 10.1. The summed E-state index contributed by atoms with van der Waals surface area (Å²) < 4.78 is 33.4. The highest BCUT2D eigenvalue weighted by Crippen LogP contribution is 2.43. The third-order valence-electron chi connectivity index (χ3n) is 2.90. The highest BCUT2D eigenvalue weighted by molar-refractivity contribution is 7.91. The Morgan fingerprint density at radius 2 is 1.79 bits per heavy atom. The summed E-state index contributed by atoms with van der Waals surface area (Å²) in [6.45, 7) is 1.55. The van der Waals surface area contributed by atoms with E-state index in [4.69, 9.17) is 32.7 Å². The summed E-state index contributed by atoms with van der Waals surface area (Å²) in [6.07, 6.45) is 1.14. The Balaban J connectivity index is 3.32. The van der Waals surface area contributed by atoms with Gasteiger partial charge in [0.15, 0.2) is 9.84 Å². The van der Waals surface area contributed by atoms with Crippen LogP contribution in [0.25, 0.3) is 0 Å². The van der Waals surface area contributed by atoms with Gasteiger partial charge >= 0.3 is 0 Å². The molecule has 2 atom stereocenters. The molecule has 4 nitrogen and oxygen atoms in total. The van der Waals surface area contributed by atoms with Crippen LogP contribution in [0.5, 0.6) is 11.5 Å². The number of alkyl halides is 1. The molecule has 0 N–H and O–H groups in total. The molecule has 0 radical (unpaired) electrons. The fraction of sp³-hybridized carbons (Fsp3) is 0.500. The smallest absolute Gasteiger partial charge is 0.151 e. The Morgan fingerprint density at radius 3 is 2.21 bits per heavy atom. The van der Waals surface area contributed by atoms with E-state index in [0.29, 0.717) is 17.1 Å². The Hall–Kier alpha value is -0.650. The monoisotopic (exact) mass is 326 g/mol. The second-order valence-electron chi connectivity index (χ2n) is 4.14. The molecule has 7 heteroatoms. The van der Waals surface area contributed by atoms with Crippen molar-refractivity contribution in [3.05, 3.63) is 22.7 Å². The zero-order chi connectivity index (χ0) is 14.8. The molecule has 2 unspecified atom stereocenters. The Morgan fingerprint density at radius 1 is 1.21 bits per heavy atom. The molecule has 108 valence electrons. The first-order valence-electron chi connectivity index (χ1n) is 5.47. The first-order chi connectivity index (χ1) is 8.73. The van der Waals surface area contributed by atoms with E-state index in [0.717, 1.165) is 6.26 Å². The Kier molecular flexibility index (Phi) is 5.35. The van der Waals surface area contributed by atoms with Gasteiger partial charge in [0.25, 0.3) is 0 Å². The molecule has 0 bridgehead atoms. The minimum Gasteiger partial charge on any atom is -0.495 e. The minimum absolute atomic E-state index is 0.272. The molecule has 0 saturated carbocycles. The highest BCUT2D eigenvalue weighted by atomic mass is 35.5. The SMILES string of the molecule is COc1ccc(C(Cl)C(C)S(C)(=O)=O)c(OC)c1Cl. The highest BCUT2D eigenvalue weighted by Gasteiger charge is 2.29. The topological polar surface area (TPSA) is 52.6 Å². The number of methoxy groups -OCH3 is 2. The maximum atomic E-state index is 11.6. The third-order valence-corrected chi connectivity index (χ3v) is 5.64. The van der Waals surface area contributed by atoms with E-state index in [1.54, 1.807) is 19.1 Å². The predicted molar refractivity (Wildman–Crippen MR) is 77.5 cm³/mol. The van der Waals surface area contributed by atoms with Gasteiger partial charge in [0.1, 0.15) is 16.5 Å². The van der Waals surface area contributed by atoms with E-state index in [1.807, 2.05) is 0 Å². The van der Waals surface area contributed by atoms with Crippen LogP contribution in [0.3, 0.4) is 0 Å². The molecule has 0 amide bonds. The van der Waals surface area contributed by atoms with Crippen LogP contribution < -0.4 is 9.47 Å². The standard InChI is InChI=1S/C12H16Cl2O4S/c1-7(19(4,15)16)10(13)8-5-6-9(17-2)11(14)12(8)18-3/h5-7,10H,1-4H3. The number of rotatable bonds is 5. The van der Waals surface area contributed by atoms with Crippen molar-refractivity contribution in [3.63, 3.8) is 0 Å². The molecule has 1 aromatic rings. The van der Waals surface area contributed by atoms with Gasteiger partial charge in [-0.15, -0.1) is 11.6 Å². The lowest BCUT2D eigenvalue weighted by Gasteiger charge is -2.20. The lowest BCUT2D eigenvalue weighted by molar-refractivity contribution is 0.391. The average molecular weight is 327 g/mol. The first-order valence-corrected chi connectivity index (χ1v) is 8.24. The molecule has 0 heterocycles. The van der Waals surface area contributed by atoms with Crippen molar-refractivity contribution < 1.29 is 17.9 Å². The number of benzene rings is 1. The Labute approximate surface area is 123 Å². The van der Waals surface area contributed by atoms with Crippen LogP contribution in [0, 0.1) is 0 Å². The molecule has 1 aromatic carbocycles. The van der Waals surface area contributed by atoms with Crippen molar-refractivity contribution in [2.75, 3.05) is 20.5 Å². The first kappa shape index (κ1) is 16.4. The van der Waals surface area contributed by atoms with Crippen molar-refractivity contribution >= 4 is 33.0 Å². The Bertz CT molecular complexity index is 557. The molecular weight excluding hydrogens is 311 g/mol. The maximum absolute atomic E-state index is 11.6. The van der Waals surface area contributed by atoms with E-state index >= 15 is 0 Å². The molecule has 0 fully saturated rings. The summed E-state index contributed by atoms with van der Waals surface area (Å²) in [5, 5.41) is -1.24. The zero-order valence-electron chi connectivity index (χ0n) is 11.1. The lowest BCUT2D eigenvalue weighted by Crippen LogP contribution is -2.21. The number of sulfone groups is 1. The minimum atomic E-state index is -3.27. The quantitative estimate of drug-likeness (QED) is 0.780. The van der Waals surface area contributed by atoms with Gasteiger partial charge in [-0.2, -0.15) is 0 Å². The van der Waals surface area contributed by atoms with Crippen LogP contribution in [-0.2, 0) is 9.84 Å². The van der Waals surface area contributed by atoms with Crippen LogP contribution in [0.1, 0.15) is 17.9 Å². The summed E-state index contributed by atoms with van der Waals surface area (Å²) in [5.74, 6) is 0.773. The van der Waals surface area contributed by atoms with Crippen molar-refractivity contribution in [2.24, 2.45) is 0 Å². The summed E-state index contributed by atoms with van der Waals surface area (Å²) >= 11 is 12.4. The summed E-state index contributed by atoms with van der Waals surface area (Å²) in [5.41, 5.74) is 0.521. The molecule has 0 saturated heterocycles. The molecule has 19 heavy (non-hydrogen) atoms. The predicted octanol–water partition coefficient (Wildman–Crippen LogP) is 3.07. The van der Waals surface area contributed by atoms with E-state index in [-0.39, 0.29) is 5.02 Å². The van der Waals surface area contributed by atoms with Gasteiger partial charge in [-0.25, -0.2) is 8.42 Å². The van der Waals surface area contributed by atoms with Crippen LogP contribution in [-0.4, -0.2) is 34.1 Å². The van der Waals surface area contributed by atoms with Gasteiger partial charge in [-0.3, -0.25) is 0 Å². The van der Waals surface area contributed by atoms with Crippen molar-refractivity contribution in [3.8, 4) is 11.5 Å². The fourth-order valence-corrected chi connectivity index (χ4v) is 3.24. The van der Waals surface area contributed by atoms with Gasteiger partial charge < -0.3 is 9.47 Å². The summed E-state index contributed by atoms with van der Waals surface area (Å²) in [7, 11) is -0.338. The van der Waals surface area contributed by atoms with Crippen LogP contribution in [0.4, 0.5) is 0 Å². The van der Waals surface area contributed by atoms with Gasteiger partial charge in [-0.1, -0.05) is 11.6 Å². The van der Waals surface area contributed by atoms with E-state index < -0.39 is 20.5 Å². The van der Waals surface area contributed by atoms with Crippen LogP contribution in [0.15, 0.2) is 12.1 Å². The summed E-state index contributed by atoms with van der Waals surface area (Å²) in [4.78, 5) is 0. The molecule has 0 aliphatic rings. The van der Waals surface area contributed by atoms with Crippen LogP contribution in [0.2, 0.25) is 5.02 Å². The maximum Gasteiger partial charge on any atom is 0.151 e. The summed E-state index contributed by atoms with van der Waals surface area (Å²) in [6, 6.07) is 3.29. The van der Waals surface area contributed by atoms with Gasteiger partial charge in [0.2, 0.25) is 0 Å². The van der Waals surface area contributed by atoms with Crippen molar-refractivity contribution in [2.45, 2.75) is 17.6 Å². The number of ether oxygens (including phenoxy) is 2. The van der Waals surface area contributed by atoms with E-state index in [9.17, 15) is 8.42 Å². The second-order valence-corrected chi connectivity index (χ2v) is 7.39. The van der Waals surface area contributed by atoms with Crippen molar-refractivity contribution in [1.29, 1.82) is 0 Å². The van der Waals surface area contributed by atoms with Gasteiger partial charge in [0.05, 0.1) is 24.8 Å². The van der Waals surface area contributed by atoms with Gasteiger partial charge in [0, 0.05) is 11.8 Å². The normalized spacial score (nSPS) is 14.8. The zero-order valence-corrected chi connectivity index (χ0v) is 13.4. The number of halogens is 2. The molecule has 1 rings (SSSR count). The average Bonchev–Trinajstić information content (AvgIpc) is 2.35. The fourth-order valence-electron chi connectivity index (χ4n) is 1.61. The van der Waals surface area contributed by atoms with E-state index in [2.05, 4.69) is 0 Å². The molecule has 0 aliphatic carbocycles. The molecule has 0 spiro atoms. The largest absolute Gasteiger partial charge is 0.495 e. The molecule has 0 aliphatic heterocycles. The van der Waals surface area contributed by atoms with E-state index in [1.165, 1.54) is 14.2 Å².